The van der Waals surface area contributed by atoms with E-state index >= 15 is 0 Å². The Morgan fingerprint density at radius 2 is 2.12 bits per heavy atom. The van der Waals surface area contributed by atoms with Crippen molar-refractivity contribution in [2.45, 2.75) is 84.2 Å². The number of hydrogen-bond acceptors (Lipinski definition) is 3. The molecule has 178 valence electrons. The summed E-state index contributed by atoms with van der Waals surface area (Å²) in [6.45, 7) is 5.08. The summed E-state index contributed by atoms with van der Waals surface area (Å²) in [5, 5.41) is 10.3. The zero-order valence-electron chi connectivity index (χ0n) is 20.3. The van der Waals surface area contributed by atoms with E-state index < -0.39 is 0 Å². The maximum absolute atomic E-state index is 10.3. The first-order chi connectivity index (χ1) is 16.1. The minimum absolute atomic E-state index is 0.197. The Balaban J connectivity index is 1.21. The fraction of sp³-hybridized carbons (Fsp3) is 0.552. The maximum Gasteiger partial charge on any atom is 0.178 e. The highest BCUT2D eigenvalue weighted by molar-refractivity contribution is 5.82. The molecular formula is C29H40NO3+. The van der Waals surface area contributed by atoms with Crippen molar-refractivity contribution in [3.05, 3.63) is 59.7 Å². The second-order valence-corrected chi connectivity index (χ2v) is 9.82. The number of benzene rings is 1. The predicted octanol–water partition coefficient (Wildman–Crippen LogP) is 6.65. The topological polar surface area (TPSA) is 54.6 Å². The van der Waals surface area contributed by atoms with Gasteiger partial charge in [0, 0.05) is 6.42 Å². The smallest absolute Gasteiger partial charge is 0.178 e. The van der Waals surface area contributed by atoms with Crippen molar-refractivity contribution in [1.29, 1.82) is 0 Å². The Kier molecular flexibility index (Phi) is 8.44. The minimum Gasteiger partial charge on any atom is -0.504 e. The van der Waals surface area contributed by atoms with Crippen molar-refractivity contribution < 1.29 is 14.6 Å². The fourth-order valence-corrected chi connectivity index (χ4v) is 5.15. The highest BCUT2D eigenvalue weighted by Gasteiger charge is 2.34. The van der Waals surface area contributed by atoms with Gasteiger partial charge in [-0.05, 0) is 62.6 Å². The third-order valence-electron chi connectivity index (χ3n) is 7.35. The number of nitrogens with zero attached hydrogens (tertiary/aromatic N) is 1. The first-order valence-corrected chi connectivity index (χ1v) is 12.9. The van der Waals surface area contributed by atoms with Gasteiger partial charge in [-0.25, -0.2) is 0 Å². The van der Waals surface area contributed by atoms with Crippen LogP contribution >= 0.6 is 0 Å². The largest absolute Gasteiger partial charge is 0.504 e. The highest BCUT2D eigenvalue weighted by Crippen LogP contribution is 2.38. The Morgan fingerprint density at radius 3 is 2.94 bits per heavy atom. The molecule has 0 radical (unpaired) electrons. The molecule has 1 unspecified atom stereocenters. The van der Waals surface area contributed by atoms with E-state index in [-0.39, 0.29) is 5.75 Å². The Labute approximate surface area is 199 Å². The van der Waals surface area contributed by atoms with Crippen molar-refractivity contribution in [1.82, 2.24) is 0 Å². The minimum atomic E-state index is 0.197. The zero-order valence-corrected chi connectivity index (χ0v) is 20.3. The van der Waals surface area contributed by atoms with Gasteiger partial charge in [-0.3, -0.25) is 0 Å². The van der Waals surface area contributed by atoms with Gasteiger partial charge in [-0.15, -0.1) is 17.1 Å². The number of aryl methyl sites for hydroxylation is 1. The number of rotatable bonds is 12. The SMILES string of the molecule is CCCCC1C=C[C-](CCc2ccc(O)c(OCCC3=C[C+]([C@H](C)C4CCCC4)C=N3)c2)[OH+]1. The number of phenolic OH excluding ortho intramolecular Hbond substituents is 1. The predicted molar refractivity (Wildman–Crippen MR) is 135 cm³/mol. The average molecular weight is 451 g/mol. The molecule has 4 heteroatoms. The maximum atomic E-state index is 10.3. The van der Waals surface area contributed by atoms with Crippen LogP contribution in [0.3, 0.4) is 0 Å². The van der Waals surface area contributed by atoms with E-state index in [0.29, 0.717) is 24.4 Å². The molecule has 2 atom stereocenters. The number of aliphatic hydroxyl groups is 2. The molecule has 0 bridgehead atoms. The van der Waals surface area contributed by atoms with Crippen LogP contribution in [0.15, 0.2) is 47.1 Å². The van der Waals surface area contributed by atoms with E-state index in [9.17, 15) is 5.11 Å². The van der Waals surface area contributed by atoms with Gasteiger partial charge in [0.2, 0.25) is 0 Å². The molecule has 3 aliphatic rings. The standard InChI is InChI=1S/C29H39NO3/c1-3-4-9-26-13-14-27(33-26)12-10-22-11-15-28(31)29(18-22)32-17-16-25-19-24(20-30-25)21(2)23-7-5-6-8-23/h11,13-15,18-21,23,26,33H,3-10,12,16-17H2,1-2H3/p+1/t21-,26?/m1/s1. The van der Waals surface area contributed by atoms with Crippen LogP contribution in [0.5, 0.6) is 11.5 Å². The van der Waals surface area contributed by atoms with E-state index in [1.54, 1.807) is 6.07 Å². The lowest BCUT2D eigenvalue weighted by molar-refractivity contribution is -0.0480. The molecule has 1 saturated carbocycles. The van der Waals surface area contributed by atoms with E-state index in [2.05, 4.69) is 37.1 Å². The first-order valence-electron chi connectivity index (χ1n) is 12.9. The van der Waals surface area contributed by atoms with Crippen LogP contribution in [0.4, 0.5) is 0 Å². The summed E-state index contributed by atoms with van der Waals surface area (Å²) in [5.41, 5.74) is 2.24. The lowest BCUT2D eigenvalue weighted by Crippen LogP contribution is -2.15. The van der Waals surface area contributed by atoms with Gasteiger partial charge in [-0.2, -0.15) is 0 Å². The van der Waals surface area contributed by atoms with Crippen LogP contribution < -0.4 is 4.74 Å². The molecular weight excluding hydrogens is 410 g/mol. The lowest BCUT2D eigenvalue weighted by Gasteiger charge is -2.17. The quantitative estimate of drug-likeness (QED) is 0.286. The van der Waals surface area contributed by atoms with Gasteiger partial charge in [0.15, 0.2) is 17.2 Å². The van der Waals surface area contributed by atoms with Crippen LogP contribution in [-0.2, 0) is 6.42 Å². The second-order valence-electron chi connectivity index (χ2n) is 9.82. The van der Waals surface area contributed by atoms with Gasteiger partial charge in [0.05, 0.1) is 18.4 Å². The van der Waals surface area contributed by atoms with Crippen LogP contribution in [0, 0.1) is 23.9 Å². The summed E-state index contributed by atoms with van der Waals surface area (Å²) in [6.07, 6.45) is 21.8. The zero-order chi connectivity index (χ0) is 23.0. The molecule has 2 heterocycles. The average Bonchev–Trinajstić information content (AvgIpc) is 3.60. The van der Waals surface area contributed by atoms with Crippen molar-refractivity contribution in [3.8, 4) is 11.5 Å². The number of aromatic hydroxyl groups is 1. The van der Waals surface area contributed by atoms with Crippen molar-refractivity contribution in [2.75, 3.05) is 6.61 Å². The van der Waals surface area contributed by atoms with Crippen LogP contribution in [0.25, 0.3) is 0 Å². The molecule has 1 fully saturated rings. The van der Waals surface area contributed by atoms with Crippen LogP contribution in [0.1, 0.15) is 77.2 Å². The second kappa shape index (κ2) is 11.7. The molecule has 1 aromatic carbocycles. The number of phenols is 1. The summed E-state index contributed by atoms with van der Waals surface area (Å²) < 4.78 is 10.8. The van der Waals surface area contributed by atoms with Crippen molar-refractivity contribution >= 4 is 6.21 Å². The third kappa shape index (κ3) is 6.60. The van der Waals surface area contributed by atoms with Crippen molar-refractivity contribution in [3.63, 3.8) is 0 Å². The number of hydrogen-bond donors (Lipinski definition) is 1. The van der Waals surface area contributed by atoms with E-state index in [4.69, 9.17) is 9.47 Å². The van der Waals surface area contributed by atoms with Gasteiger partial charge in [-0.1, -0.05) is 32.3 Å². The van der Waals surface area contributed by atoms with E-state index in [1.165, 1.54) is 50.5 Å². The molecule has 0 amide bonds. The molecule has 1 aromatic rings. The molecule has 4 rings (SSSR count). The first kappa shape index (κ1) is 23.8. The lowest BCUT2D eigenvalue weighted by atomic mass is 9.82. The third-order valence-corrected chi connectivity index (χ3v) is 7.35. The van der Waals surface area contributed by atoms with Gasteiger partial charge < -0.3 is 14.6 Å². The molecule has 2 aliphatic heterocycles. The van der Waals surface area contributed by atoms with Crippen LogP contribution in [0.2, 0.25) is 0 Å². The number of aliphatic imine (C=N–C) groups is 1. The molecule has 0 saturated heterocycles. The summed E-state index contributed by atoms with van der Waals surface area (Å²) >= 11 is 0. The summed E-state index contributed by atoms with van der Waals surface area (Å²) in [6, 6.07) is 5.68. The van der Waals surface area contributed by atoms with E-state index in [0.717, 1.165) is 42.9 Å². The monoisotopic (exact) mass is 450 g/mol. The Morgan fingerprint density at radius 1 is 1.27 bits per heavy atom. The normalized spacial score (nSPS) is 21.3. The highest BCUT2D eigenvalue weighted by atomic mass is 16.5. The number of allylic oxidation sites excluding steroid dienone is 1. The van der Waals surface area contributed by atoms with Gasteiger partial charge in [0.25, 0.3) is 0 Å². The molecule has 4 nitrogen and oxygen atoms in total. The summed E-state index contributed by atoms with van der Waals surface area (Å²) in [5.74, 6) is 3.52. The fourth-order valence-electron chi connectivity index (χ4n) is 5.15. The van der Waals surface area contributed by atoms with Crippen LogP contribution in [-0.4, -0.2) is 28.8 Å². The number of unbranched alkanes of at least 4 members (excludes halogenated alkanes) is 1. The van der Waals surface area contributed by atoms with Gasteiger partial charge >= 0.3 is 0 Å². The molecule has 33 heavy (non-hydrogen) atoms. The summed E-state index contributed by atoms with van der Waals surface area (Å²) in [7, 11) is 0. The van der Waals surface area contributed by atoms with E-state index in [1.807, 2.05) is 18.3 Å². The molecule has 0 spiro atoms. The Hall–Kier alpha value is -2.33. The molecule has 0 aromatic heterocycles. The van der Waals surface area contributed by atoms with Gasteiger partial charge in [0.1, 0.15) is 30.9 Å². The van der Waals surface area contributed by atoms with Crippen molar-refractivity contribution in [2.24, 2.45) is 16.8 Å². The molecule has 2 N–H and O–H groups in total. The Bertz CT molecular complexity index is 852. The summed E-state index contributed by atoms with van der Waals surface area (Å²) in [4.78, 5) is 4.62. The number of ether oxygens (including phenoxy) is 2. The molecule has 1 aliphatic carbocycles.